The van der Waals surface area contributed by atoms with Gasteiger partial charge in [-0.05, 0) is 85.7 Å². The van der Waals surface area contributed by atoms with Gasteiger partial charge < -0.3 is 50.2 Å². The number of halogens is 3. The van der Waals surface area contributed by atoms with E-state index in [4.69, 9.17) is 4.52 Å². The first kappa shape index (κ1) is 66.7. The van der Waals surface area contributed by atoms with Gasteiger partial charge in [0.15, 0.2) is 0 Å². The van der Waals surface area contributed by atoms with E-state index in [1.54, 1.807) is 24.6 Å². The molecule has 90 heavy (non-hydrogen) atoms. The van der Waals surface area contributed by atoms with Crippen LogP contribution in [-0.2, 0) is 31.9 Å². The number of aromatic amines is 1. The van der Waals surface area contributed by atoms with Crippen molar-refractivity contribution in [2.75, 3.05) is 82.7 Å². The number of aryl methyl sites for hydroxylation is 2. The number of likely N-dealkylation sites (tertiary alicyclic amines) is 1. The number of piperazine rings is 2. The number of aliphatic hydroxyl groups is 1. The van der Waals surface area contributed by atoms with E-state index in [0.717, 1.165) is 122 Å². The van der Waals surface area contributed by atoms with Crippen molar-refractivity contribution in [2.45, 2.75) is 135 Å². The van der Waals surface area contributed by atoms with Crippen LogP contribution in [0, 0.1) is 19.8 Å². The topological polar surface area (TPSA) is 230 Å². The number of thiazole rings is 1. The Labute approximate surface area is 527 Å². The molecule has 9 rings (SSSR count). The maximum atomic E-state index is 14.2. The van der Waals surface area contributed by atoms with Gasteiger partial charge in [0.1, 0.15) is 17.7 Å². The molecule has 0 spiro atoms. The van der Waals surface area contributed by atoms with Crippen LogP contribution in [0.1, 0.15) is 141 Å². The lowest BCUT2D eigenvalue weighted by Gasteiger charge is -2.35. The van der Waals surface area contributed by atoms with E-state index in [-0.39, 0.29) is 43.0 Å². The van der Waals surface area contributed by atoms with Gasteiger partial charge in [-0.2, -0.15) is 13.2 Å². The number of rotatable bonds is 26. The second kappa shape index (κ2) is 30.9. The number of nitrogens with one attached hydrogen (secondary N) is 4. The quantitative estimate of drug-likeness (QED) is 0.0319. The minimum Gasteiger partial charge on any atom is -0.391 e. The Balaban J connectivity index is 0.681. The Morgan fingerprint density at radius 2 is 1.51 bits per heavy atom. The van der Waals surface area contributed by atoms with Crippen LogP contribution in [0.15, 0.2) is 99.9 Å². The molecule has 482 valence electrons. The number of nitrogens with zero attached hydrogens (tertiary/aromatic N) is 7. The second-order valence-electron chi connectivity index (χ2n) is 24.5. The van der Waals surface area contributed by atoms with Crippen molar-refractivity contribution in [1.29, 1.82) is 0 Å². The monoisotopic (exact) mass is 1260 g/mol. The van der Waals surface area contributed by atoms with Crippen molar-refractivity contribution in [2.24, 2.45) is 5.92 Å². The summed E-state index contributed by atoms with van der Waals surface area (Å²) in [5.41, 5.74) is 5.86. The van der Waals surface area contributed by atoms with Crippen molar-refractivity contribution in [3.63, 3.8) is 0 Å². The first-order chi connectivity index (χ1) is 43.2. The van der Waals surface area contributed by atoms with E-state index in [1.165, 1.54) is 16.2 Å². The number of likely N-dealkylation sites (N-methyl/N-ethyl adjacent to an activating group) is 1. The summed E-state index contributed by atoms with van der Waals surface area (Å²) in [7, 11) is 2.02. The van der Waals surface area contributed by atoms with Crippen molar-refractivity contribution in [1.82, 2.24) is 45.4 Å². The lowest BCUT2D eigenvalue weighted by Crippen LogP contribution is -2.49. The molecule has 3 aliphatic heterocycles. The van der Waals surface area contributed by atoms with Crippen molar-refractivity contribution >= 4 is 52.2 Å². The summed E-state index contributed by atoms with van der Waals surface area (Å²) in [4.78, 5) is 98.2. The third kappa shape index (κ3) is 17.6. The van der Waals surface area contributed by atoms with Crippen LogP contribution < -0.4 is 26.4 Å². The molecule has 6 aromatic rings. The number of unbranched alkanes of at least 4 members (excludes halogenated alkanes) is 7. The molecule has 3 fully saturated rings. The highest BCUT2D eigenvalue weighted by Gasteiger charge is 2.44. The molecule has 23 heteroatoms. The Morgan fingerprint density at radius 1 is 0.822 bits per heavy atom. The predicted molar refractivity (Wildman–Crippen MR) is 341 cm³/mol. The predicted octanol–water partition coefficient (Wildman–Crippen LogP) is 9.71. The van der Waals surface area contributed by atoms with Gasteiger partial charge in [0.2, 0.25) is 29.2 Å². The Hall–Kier alpha value is -7.73. The normalized spacial score (nSPS) is 17.4. The van der Waals surface area contributed by atoms with Gasteiger partial charge in [-0.25, -0.2) is 4.98 Å². The molecule has 0 bridgehead atoms. The van der Waals surface area contributed by atoms with E-state index >= 15 is 0 Å². The van der Waals surface area contributed by atoms with Crippen LogP contribution in [0.25, 0.3) is 21.6 Å². The zero-order valence-electron chi connectivity index (χ0n) is 52.1. The van der Waals surface area contributed by atoms with Gasteiger partial charge in [0.25, 0.3) is 5.91 Å². The van der Waals surface area contributed by atoms with E-state index in [9.17, 15) is 47.0 Å². The van der Waals surface area contributed by atoms with Gasteiger partial charge in [0, 0.05) is 103 Å². The summed E-state index contributed by atoms with van der Waals surface area (Å²) < 4.78 is 47.5. The average Bonchev–Trinajstić information content (AvgIpc) is 1.41. The van der Waals surface area contributed by atoms with E-state index in [2.05, 4.69) is 51.8 Å². The number of β-amino-alcohol motifs (C(OH)–C–C–N with tert-alkyl or cyclic N) is 1. The van der Waals surface area contributed by atoms with Crippen LogP contribution in [0.3, 0.4) is 0 Å². The van der Waals surface area contributed by atoms with Gasteiger partial charge in [-0.15, -0.1) is 11.3 Å². The number of pyridine rings is 1. The van der Waals surface area contributed by atoms with Crippen LogP contribution in [0.2, 0.25) is 0 Å². The highest BCUT2D eigenvalue weighted by atomic mass is 32.1. The number of carbonyl (C=O) groups excluding carboxylic acids is 5. The highest BCUT2D eigenvalue weighted by Crippen LogP contribution is 2.37. The number of anilines is 2. The molecule has 0 unspecified atom stereocenters. The molecule has 3 saturated heterocycles. The van der Waals surface area contributed by atoms with Gasteiger partial charge in [-0.3, -0.25) is 33.7 Å². The lowest BCUT2D eigenvalue weighted by molar-refractivity contribution is -0.141. The maximum absolute atomic E-state index is 14.2. The number of carbonyl (C=O) groups is 5. The van der Waals surface area contributed by atoms with E-state index in [1.807, 2.05) is 87.3 Å². The molecule has 3 aromatic carbocycles. The number of hydrogen-bond acceptors (Lipinski definition) is 14. The molecule has 0 radical (unpaired) electrons. The minimum atomic E-state index is -4.91. The van der Waals surface area contributed by atoms with Crippen LogP contribution in [-0.4, -0.2) is 154 Å². The van der Waals surface area contributed by atoms with Crippen LogP contribution >= 0.6 is 11.3 Å². The summed E-state index contributed by atoms with van der Waals surface area (Å²) in [6.07, 6.45) is 3.28. The Kier molecular flexibility index (Phi) is 22.9. The SMILES string of the molecule is Cc1cc([C@H](C(=O)N2C[C@H](O)C[C@H]2C(=O)N[C@@H](CC(=O)NCCCCCCCCCCC(=O)N2CCN(Cc3cccc(-c4ccc(N5CCN(C)CC5)c(NC(=O)c5c[nH]c(=O)cc5C(F)(F)F)c4)c3)CC2)c2ccc(-c3scnc3C)cc2)C(C)C)on1. The lowest BCUT2D eigenvalue weighted by atomic mass is 9.91. The third-order valence-corrected chi connectivity index (χ3v) is 18.3. The number of alkyl halides is 3. The van der Waals surface area contributed by atoms with Crippen LogP contribution in [0.5, 0.6) is 0 Å². The van der Waals surface area contributed by atoms with Crippen molar-refractivity contribution in [3.05, 3.63) is 140 Å². The average molecular weight is 1260 g/mol. The number of amides is 5. The van der Waals surface area contributed by atoms with Gasteiger partial charge >= 0.3 is 6.18 Å². The molecule has 0 saturated carbocycles. The molecule has 6 heterocycles. The third-order valence-electron chi connectivity index (χ3n) is 17.4. The zero-order valence-corrected chi connectivity index (χ0v) is 52.9. The maximum Gasteiger partial charge on any atom is 0.417 e. The summed E-state index contributed by atoms with van der Waals surface area (Å²) in [6, 6.07) is 21.9. The number of aliphatic hydroxyl groups excluding tert-OH is 1. The molecule has 3 aromatic heterocycles. The van der Waals surface area contributed by atoms with E-state index in [0.29, 0.717) is 74.6 Å². The van der Waals surface area contributed by atoms with Crippen molar-refractivity contribution < 1.29 is 46.8 Å². The van der Waals surface area contributed by atoms with Gasteiger partial charge in [0.05, 0.1) is 62.8 Å². The van der Waals surface area contributed by atoms with Gasteiger partial charge in [-0.1, -0.05) is 106 Å². The molecule has 5 N–H and O–H groups in total. The summed E-state index contributed by atoms with van der Waals surface area (Å²) in [6.45, 7) is 14.3. The Morgan fingerprint density at radius 3 is 2.18 bits per heavy atom. The Bertz CT molecular complexity index is 3480. The molecular formula is C67H84F3N11O8S. The smallest absolute Gasteiger partial charge is 0.391 e. The van der Waals surface area contributed by atoms with Crippen LogP contribution in [0.4, 0.5) is 24.5 Å². The molecule has 3 aliphatic rings. The molecule has 5 amide bonds. The number of H-pyrrole nitrogens is 1. The summed E-state index contributed by atoms with van der Waals surface area (Å²) in [5.74, 6) is -2.26. The molecular weight excluding hydrogens is 1180 g/mol. The number of hydrogen-bond donors (Lipinski definition) is 5. The number of aromatic nitrogens is 3. The first-order valence-electron chi connectivity index (χ1n) is 31.5. The fraction of sp³-hybridized carbons (Fsp3) is 0.493. The second-order valence-corrected chi connectivity index (χ2v) is 25.4. The zero-order chi connectivity index (χ0) is 64.1. The summed E-state index contributed by atoms with van der Waals surface area (Å²) >= 11 is 1.54. The van der Waals surface area contributed by atoms with Crippen molar-refractivity contribution in [3.8, 4) is 21.6 Å². The van der Waals surface area contributed by atoms with E-state index < -0.39 is 58.8 Å². The minimum absolute atomic E-state index is 0.00408. The number of benzene rings is 3. The fourth-order valence-electron chi connectivity index (χ4n) is 12.3. The molecule has 0 aliphatic carbocycles. The molecule has 4 atom stereocenters. The first-order valence-corrected chi connectivity index (χ1v) is 32.3. The summed E-state index contributed by atoms with van der Waals surface area (Å²) in [5, 5.41) is 23.7. The standard InChI is InChI=1S/C67H84F3N11O8S/c1-43(2)62(58-33-44(3)76-89-58)66(88)81-41-51(82)36-57(81)65(87)74-54(47-18-20-48(21-19-47)63-45(4)73-42-90-63)38-60(84)71-24-13-11-9-7-6-8-10-12-17-61(85)80-31-27-78(28-32-80)40-46-15-14-16-49(34-46)50-22-23-56(79-29-25-77(5)26-30-79)55(35-50)75-64(86)52-39-72-59(83)37-53(52)67(68,69)70/h14-16,18-23,33-35,37,39,42-43,51,54,57,62,82H,6-13,17,24-32,36,38,40-41H2,1-5H3,(H,71,84)(H,72,83)(H,74,87)(H,75,86)/t51-,54+,57+,62-/m1/s1. The highest BCUT2D eigenvalue weighted by molar-refractivity contribution is 7.13. The largest absolute Gasteiger partial charge is 0.417 e. The molecule has 19 nitrogen and oxygen atoms in total. The fourth-order valence-corrected chi connectivity index (χ4v) is 13.1.